The first-order chi connectivity index (χ1) is 9.49. The van der Waals surface area contributed by atoms with Crippen molar-refractivity contribution in [1.29, 1.82) is 0 Å². The van der Waals surface area contributed by atoms with Gasteiger partial charge in [0, 0.05) is 19.0 Å². The van der Waals surface area contributed by atoms with Crippen LogP contribution < -0.4 is 5.32 Å². The molecule has 4 heteroatoms. The van der Waals surface area contributed by atoms with Crippen LogP contribution in [0.2, 0.25) is 0 Å². The zero-order valence-corrected chi connectivity index (χ0v) is 11.9. The molecular formula is C16H20N2O2. The Balaban J connectivity index is 2.45. The van der Waals surface area contributed by atoms with Gasteiger partial charge in [-0.2, -0.15) is 0 Å². The molecule has 0 saturated carbocycles. The van der Waals surface area contributed by atoms with Crippen LogP contribution in [0.3, 0.4) is 0 Å². The zero-order valence-electron chi connectivity index (χ0n) is 11.9. The minimum Gasteiger partial charge on any atom is -0.338 e. The molecule has 4 nitrogen and oxygen atoms in total. The number of amides is 2. The number of rotatable bonds is 3. The van der Waals surface area contributed by atoms with E-state index in [1.165, 1.54) is 0 Å². The van der Waals surface area contributed by atoms with Gasteiger partial charge in [-0.1, -0.05) is 36.4 Å². The van der Waals surface area contributed by atoms with Crippen LogP contribution in [0, 0.1) is 0 Å². The maximum Gasteiger partial charge on any atom is 0.253 e. The van der Waals surface area contributed by atoms with Crippen molar-refractivity contribution < 1.29 is 9.59 Å². The van der Waals surface area contributed by atoms with E-state index >= 15 is 0 Å². The monoisotopic (exact) mass is 272 g/mol. The van der Waals surface area contributed by atoms with Gasteiger partial charge in [0.1, 0.15) is 5.54 Å². The van der Waals surface area contributed by atoms with Gasteiger partial charge in [-0.3, -0.25) is 9.59 Å². The third kappa shape index (κ3) is 2.46. The second-order valence-electron chi connectivity index (χ2n) is 5.26. The second-order valence-corrected chi connectivity index (χ2v) is 5.26. The van der Waals surface area contributed by atoms with E-state index in [-0.39, 0.29) is 17.9 Å². The van der Waals surface area contributed by atoms with Crippen LogP contribution in [0.1, 0.15) is 25.8 Å². The van der Waals surface area contributed by atoms with Gasteiger partial charge in [0.15, 0.2) is 0 Å². The quantitative estimate of drug-likeness (QED) is 0.853. The minimum atomic E-state index is -1.02. The Morgan fingerprint density at radius 2 is 2.00 bits per heavy atom. The van der Waals surface area contributed by atoms with Crippen LogP contribution in [-0.4, -0.2) is 29.3 Å². The molecule has 2 atom stereocenters. The van der Waals surface area contributed by atoms with Crippen molar-refractivity contribution in [1.82, 2.24) is 10.2 Å². The fraction of sp³-hybridized carbons (Fsp3) is 0.375. The Kier molecular flexibility index (Phi) is 3.93. The molecule has 1 saturated heterocycles. The van der Waals surface area contributed by atoms with Gasteiger partial charge in [0.2, 0.25) is 5.91 Å². The van der Waals surface area contributed by atoms with Gasteiger partial charge in [-0.25, -0.2) is 0 Å². The topological polar surface area (TPSA) is 49.4 Å². The summed E-state index contributed by atoms with van der Waals surface area (Å²) in [6, 6.07) is 9.25. The van der Waals surface area contributed by atoms with E-state index in [9.17, 15) is 9.59 Å². The number of hydrogen-bond acceptors (Lipinski definition) is 2. The van der Waals surface area contributed by atoms with E-state index in [1.54, 1.807) is 17.9 Å². The average molecular weight is 272 g/mol. The first-order valence-electron chi connectivity index (χ1n) is 6.79. The van der Waals surface area contributed by atoms with E-state index < -0.39 is 5.54 Å². The number of carbonyl (C=O) groups excluding carboxylic acids is 2. The van der Waals surface area contributed by atoms with Crippen molar-refractivity contribution in [2.75, 3.05) is 6.54 Å². The lowest BCUT2D eigenvalue weighted by atomic mass is 9.90. The minimum absolute atomic E-state index is 0.0954. The SMILES string of the molecule is C=CC(C)N1CCC(=O)NC(C)(c2ccccc2)C1=O. The fourth-order valence-electron chi connectivity index (χ4n) is 2.49. The molecule has 1 N–H and O–H groups in total. The Hall–Kier alpha value is -2.10. The van der Waals surface area contributed by atoms with Crippen molar-refractivity contribution in [2.24, 2.45) is 0 Å². The van der Waals surface area contributed by atoms with Crippen molar-refractivity contribution in [3.63, 3.8) is 0 Å². The number of benzene rings is 1. The molecule has 1 fully saturated rings. The Morgan fingerprint density at radius 1 is 1.35 bits per heavy atom. The Labute approximate surface area is 119 Å². The molecule has 1 aromatic carbocycles. The molecule has 1 aromatic rings. The van der Waals surface area contributed by atoms with Crippen LogP contribution in [0.4, 0.5) is 0 Å². The molecule has 20 heavy (non-hydrogen) atoms. The summed E-state index contributed by atoms with van der Waals surface area (Å²) in [6.07, 6.45) is 2.03. The highest BCUT2D eigenvalue weighted by Gasteiger charge is 2.42. The van der Waals surface area contributed by atoms with E-state index in [4.69, 9.17) is 0 Å². The van der Waals surface area contributed by atoms with Crippen LogP contribution in [0.25, 0.3) is 0 Å². The number of nitrogens with one attached hydrogen (secondary N) is 1. The average Bonchev–Trinajstić information content (AvgIpc) is 2.58. The van der Waals surface area contributed by atoms with E-state index in [0.717, 1.165) is 5.56 Å². The molecule has 1 aliphatic rings. The second kappa shape index (κ2) is 5.49. The summed E-state index contributed by atoms with van der Waals surface area (Å²) in [5.41, 5.74) is -0.229. The fourth-order valence-corrected chi connectivity index (χ4v) is 2.49. The van der Waals surface area contributed by atoms with E-state index in [2.05, 4.69) is 11.9 Å². The maximum absolute atomic E-state index is 12.9. The number of nitrogens with zero attached hydrogens (tertiary/aromatic N) is 1. The zero-order chi connectivity index (χ0) is 14.8. The van der Waals surface area contributed by atoms with Crippen molar-refractivity contribution >= 4 is 11.8 Å². The predicted octanol–water partition coefficient (Wildman–Crippen LogP) is 1.82. The molecule has 1 aliphatic heterocycles. The molecule has 0 aliphatic carbocycles. The van der Waals surface area contributed by atoms with E-state index in [0.29, 0.717) is 13.0 Å². The molecule has 2 unspecified atom stereocenters. The van der Waals surface area contributed by atoms with E-state index in [1.807, 2.05) is 37.3 Å². The number of carbonyl (C=O) groups is 2. The van der Waals surface area contributed by atoms with Crippen molar-refractivity contribution in [3.8, 4) is 0 Å². The predicted molar refractivity (Wildman–Crippen MR) is 77.9 cm³/mol. The highest BCUT2D eigenvalue weighted by atomic mass is 16.2. The maximum atomic E-state index is 12.9. The molecule has 1 heterocycles. The summed E-state index contributed by atoms with van der Waals surface area (Å²) in [7, 11) is 0. The Morgan fingerprint density at radius 3 is 2.60 bits per heavy atom. The lowest BCUT2D eigenvalue weighted by Crippen LogP contribution is -2.54. The van der Waals surface area contributed by atoms with Crippen LogP contribution >= 0.6 is 0 Å². The highest BCUT2D eigenvalue weighted by Crippen LogP contribution is 2.27. The van der Waals surface area contributed by atoms with Crippen LogP contribution in [0.15, 0.2) is 43.0 Å². The van der Waals surface area contributed by atoms with Crippen LogP contribution in [0.5, 0.6) is 0 Å². The standard InChI is InChI=1S/C16H20N2O2/c1-4-12(2)18-11-10-14(19)17-16(3,15(18)20)13-8-6-5-7-9-13/h4-9,12H,1,10-11H2,2-3H3,(H,17,19). The molecule has 2 amide bonds. The third-order valence-electron chi connectivity index (χ3n) is 3.84. The lowest BCUT2D eigenvalue weighted by Gasteiger charge is -2.34. The highest BCUT2D eigenvalue weighted by molar-refractivity contribution is 5.94. The number of hydrogen-bond donors (Lipinski definition) is 1. The molecule has 0 aromatic heterocycles. The van der Waals surface area contributed by atoms with Gasteiger partial charge < -0.3 is 10.2 Å². The van der Waals surface area contributed by atoms with Crippen LogP contribution in [-0.2, 0) is 15.1 Å². The van der Waals surface area contributed by atoms with Crippen molar-refractivity contribution in [3.05, 3.63) is 48.6 Å². The largest absolute Gasteiger partial charge is 0.338 e. The molecule has 0 bridgehead atoms. The first-order valence-corrected chi connectivity index (χ1v) is 6.79. The normalized spacial score (nSPS) is 24.8. The van der Waals surface area contributed by atoms with Crippen molar-refractivity contribution in [2.45, 2.75) is 31.8 Å². The summed E-state index contributed by atoms with van der Waals surface area (Å²) < 4.78 is 0. The smallest absolute Gasteiger partial charge is 0.253 e. The summed E-state index contributed by atoms with van der Waals surface area (Å²) in [5, 5.41) is 2.87. The molecule has 0 spiro atoms. The third-order valence-corrected chi connectivity index (χ3v) is 3.84. The van der Waals surface area contributed by atoms with Gasteiger partial charge in [0.05, 0.1) is 0 Å². The molecular weight excluding hydrogens is 252 g/mol. The van der Waals surface area contributed by atoms with Gasteiger partial charge in [0.25, 0.3) is 5.91 Å². The molecule has 106 valence electrons. The van der Waals surface area contributed by atoms with Gasteiger partial charge in [-0.15, -0.1) is 6.58 Å². The summed E-state index contributed by atoms with van der Waals surface area (Å²) in [6.45, 7) is 7.83. The van der Waals surface area contributed by atoms with Gasteiger partial charge >= 0.3 is 0 Å². The summed E-state index contributed by atoms with van der Waals surface area (Å²) >= 11 is 0. The summed E-state index contributed by atoms with van der Waals surface area (Å²) in [5.74, 6) is -0.203. The first kappa shape index (κ1) is 14.3. The molecule has 2 rings (SSSR count). The van der Waals surface area contributed by atoms with Gasteiger partial charge in [-0.05, 0) is 19.4 Å². The summed E-state index contributed by atoms with van der Waals surface area (Å²) in [4.78, 5) is 26.5. The molecule has 0 radical (unpaired) electrons. The lowest BCUT2D eigenvalue weighted by molar-refractivity contribution is -0.139. The Bertz CT molecular complexity index is 527.